The second kappa shape index (κ2) is 23.9. The van der Waals surface area contributed by atoms with Gasteiger partial charge in [-0.05, 0) is 92.6 Å². The van der Waals surface area contributed by atoms with Crippen molar-refractivity contribution in [3.05, 3.63) is 218 Å². The summed E-state index contributed by atoms with van der Waals surface area (Å²) in [6, 6.07) is 47.3. The van der Waals surface area contributed by atoms with Crippen LogP contribution in [0.3, 0.4) is 0 Å². The smallest absolute Gasteiger partial charge is 0.297 e. The SMILES string of the molecule is Cc1ccc(S(=O)(=O)OCCOCc2ccccc2Nc2ccc(C(=O)c3ccccc3C)c(Cl)c2)cc1.Cc1ccccc1C(=O)c1ccc(Nc2ccccc2COCCO)cc1Cl. The number of hydrogen-bond acceptors (Lipinski definition) is 10. The van der Waals surface area contributed by atoms with Crippen LogP contribution in [0.5, 0.6) is 0 Å². The van der Waals surface area contributed by atoms with Crippen LogP contribution in [0.25, 0.3) is 0 Å². The first-order valence-corrected chi connectivity index (χ1v) is 23.2. The second-order valence-corrected chi connectivity index (χ2v) is 17.6. The third-order valence-electron chi connectivity index (χ3n) is 10.3. The van der Waals surface area contributed by atoms with Gasteiger partial charge in [0.15, 0.2) is 11.6 Å². The van der Waals surface area contributed by atoms with E-state index in [1.807, 2.05) is 118 Å². The van der Waals surface area contributed by atoms with Crippen LogP contribution >= 0.6 is 23.2 Å². The third-order valence-corrected chi connectivity index (χ3v) is 12.3. The maximum Gasteiger partial charge on any atom is 0.297 e. The highest BCUT2D eigenvalue weighted by atomic mass is 35.5. The van der Waals surface area contributed by atoms with E-state index in [2.05, 4.69) is 10.6 Å². The van der Waals surface area contributed by atoms with E-state index in [0.717, 1.165) is 50.6 Å². The number of ether oxygens (including phenoxy) is 2. The van der Waals surface area contributed by atoms with E-state index in [1.165, 1.54) is 12.1 Å². The molecule has 0 aliphatic rings. The number of aliphatic hydroxyl groups excluding tert-OH is 1. The predicted octanol–water partition coefficient (Wildman–Crippen LogP) is 12.0. The first-order chi connectivity index (χ1) is 31.8. The van der Waals surface area contributed by atoms with Crippen LogP contribution in [0, 0.1) is 20.8 Å². The van der Waals surface area contributed by atoms with Crippen molar-refractivity contribution in [2.45, 2.75) is 38.9 Å². The third kappa shape index (κ3) is 13.5. The molecule has 0 aliphatic carbocycles. The van der Waals surface area contributed by atoms with Crippen molar-refractivity contribution in [1.29, 1.82) is 0 Å². The number of benzene rings is 7. The number of carbonyl (C=O) groups excluding carboxylic acids is 2. The standard InChI is InChI=1S/C30H28ClNO5S.C23H22ClNO3/c1-21-11-14-25(15-12-21)38(34,35)37-18-17-36-20-23-8-4-6-10-29(23)32-24-13-16-27(28(31)19-24)30(33)26-9-5-3-7-22(26)2;1-16-6-2-4-8-19(16)23(27)20-11-10-18(14-21(20)24)25-22-9-5-3-7-17(22)15-28-13-12-26/h3-16,19,32H,17-18,20H2,1-2H3;2-11,14,25-26H,12-13,15H2,1H3. The van der Waals surface area contributed by atoms with Crippen LogP contribution in [0.4, 0.5) is 22.7 Å². The van der Waals surface area contributed by atoms with Crippen molar-refractivity contribution < 1.29 is 36.8 Å². The number of aliphatic hydroxyl groups is 1. The van der Waals surface area contributed by atoms with E-state index in [1.54, 1.807) is 48.5 Å². The number of carbonyl (C=O) groups is 2. The summed E-state index contributed by atoms with van der Waals surface area (Å²) in [5.74, 6) is -0.215. The van der Waals surface area contributed by atoms with Gasteiger partial charge in [0.05, 0.1) is 54.6 Å². The number of nitrogens with one attached hydrogen (secondary N) is 2. The minimum absolute atomic E-state index is 0.0123. The number of aryl methyl sites for hydroxylation is 3. The number of para-hydroxylation sites is 2. The molecule has 0 radical (unpaired) electrons. The molecule has 0 aliphatic heterocycles. The Bertz CT molecular complexity index is 2890. The lowest BCUT2D eigenvalue weighted by Crippen LogP contribution is -2.12. The van der Waals surface area contributed by atoms with Crippen LogP contribution in [0.1, 0.15) is 59.7 Å². The van der Waals surface area contributed by atoms with Crippen LogP contribution in [0.15, 0.2) is 163 Å². The lowest BCUT2D eigenvalue weighted by molar-refractivity contribution is 0.0818. The zero-order valence-corrected chi connectivity index (χ0v) is 39.1. The topological polar surface area (TPSA) is 140 Å². The average Bonchev–Trinajstić information content (AvgIpc) is 3.30. The van der Waals surface area contributed by atoms with E-state index in [0.29, 0.717) is 38.9 Å². The quantitative estimate of drug-likeness (QED) is 0.0408. The number of halogens is 2. The summed E-state index contributed by atoms with van der Waals surface area (Å²) in [6.07, 6.45) is 0. The zero-order valence-electron chi connectivity index (χ0n) is 36.7. The molecular weight excluding hydrogens is 896 g/mol. The number of hydrogen-bond donors (Lipinski definition) is 3. The van der Waals surface area contributed by atoms with Gasteiger partial charge in [0.1, 0.15) is 0 Å². The molecule has 0 unspecified atom stereocenters. The van der Waals surface area contributed by atoms with Crippen LogP contribution in [0.2, 0.25) is 10.0 Å². The fourth-order valence-corrected chi connectivity index (χ4v) is 8.18. The highest BCUT2D eigenvalue weighted by molar-refractivity contribution is 7.86. The highest BCUT2D eigenvalue weighted by Crippen LogP contribution is 2.30. The van der Waals surface area contributed by atoms with Crippen LogP contribution < -0.4 is 10.6 Å². The lowest BCUT2D eigenvalue weighted by Gasteiger charge is -2.14. The van der Waals surface area contributed by atoms with Crippen molar-refractivity contribution in [1.82, 2.24) is 0 Å². The monoisotopic (exact) mass is 944 g/mol. The Morgan fingerprint density at radius 3 is 1.42 bits per heavy atom. The van der Waals surface area contributed by atoms with Crippen molar-refractivity contribution in [3.8, 4) is 0 Å². The van der Waals surface area contributed by atoms with Gasteiger partial charge in [0, 0.05) is 56.1 Å². The molecule has 13 heteroatoms. The normalized spacial score (nSPS) is 11.1. The largest absolute Gasteiger partial charge is 0.394 e. The first-order valence-electron chi connectivity index (χ1n) is 21.1. The van der Waals surface area contributed by atoms with Gasteiger partial charge in [0.2, 0.25) is 0 Å². The fourth-order valence-electron chi connectivity index (χ4n) is 6.75. The van der Waals surface area contributed by atoms with Crippen LogP contribution in [-0.4, -0.2) is 51.5 Å². The maximum atomic E-state index is 13.0. The summed E-state index contributed by atoms with van der Waals surface area (Å²) in [6.45, 7) is 6.60. The summed E-state index contributed by atoms with van der Waals surface area (Å²) in [5.41, 5.74) is 9.96. The molecule has 7 rings (SSSR count). The van der Waals surface area contributed by atoms with Gasteiger partial charge >= 0.3 is 0 Å². The Morgan fingerprint density at radius 2 is 0.970 bits per heavy atom. The molecule has 340 valence electrons. The van der Waals surface area contributed by atoms with Gasteiger partial charge in [-0.2, -0.15) is 8.42 Å². The lowest BCUT2D eigenvalue weighted by atomic mass is 9.99. The number of rotatable bonds is 19. The fraction of sp³-hybridized carbons (Fsp3) is 0.170. The molecule has 66 heavy (non-hydrogen) atoms. The minimum Gasteiger partial charge on any atom is -0.394 e. The molecule has 0 aromatic heterocycles. The first kappa shape index (κ1) is 49.3. The maximum absolute atomic E-state index is 13.0. The number of ketones is 2. The summed E-state index contributed by atoms with van der Waals surface area (Å²) < 4.78 is 40.8. The highest BCUT2D eigenvalue weighted by Gasteiger charge is 2.18. The second-order valence-electron chi connectivity index (χ2n) is 15.2. The Kier molecular flexibility index (Phi) is 17.8. The molecule has 7 aromatic rings. The van der Waals surface area contributed by atoms with Crippen molar-refractivity contribution in [2.24, 2.45) is 0 Å². The van der Waals surface area contributed by atoms with E-state index in [9.17, 15) is 18.0 Å². The van der Waals surface area contributed by atoms with Gasteiger partial charge in [-0.15, -0.1) is 0 Å². The molecule has 3 N–H and O–H groups in total. The molecule has 0 fully saturated rings. The molecule has 10 nitrogen and oxygen atoms in total. The minimum atomic E-state index is -3.83. The molecule has 0 saturated carbocycles. The molecule has 0 saturated heterocycles. The van der Waals surface area contributed by atoms with Gasteiger partial charge in [-0.3, -0.25) is 13.8 Å². The molecule has 0 atom stereocenters. The Labute approximate surface area is 396 Å². The van der Waals surface area contributed by atoms with Gasteiger partial charge in [0.25, 0.3) is 10.1 Å². The number of anilines is 4. The molecule has 0 spiro atoms. The van der Waals surface area contributed by atoms with Crippen molar-refractivity contribution in [3.63, 3.8) is 0 Å². The predicted molar refractivity (Wildman–Crippen MR) is 262 cm³/mol. The van der Waals surface area contributed by atoms with Crippen LogP contribution in [-0.2, 0) is 37.0 Å². The average molecular weight is 946 g/mol. The Balaban J connectivity index is 0.000000229. The summed E-state index contributed by atoms with van der Waals surface area (Å²) in [7, 11) is -3.83. The summed E-state index contributed by atoms with van der Waals surface area (Å²) >= 11 is 12.9. The molecule has 7 aromatic carbocycles. The van der Waals surface area contributed by atoms with E-state index >= 15 is 0 Å². The Morgan fingerprint density at radius 1 is 0.530 bits per heavy atom. The van der Waals surface area contributed by atoms with E-state index < -0.39 is 10.1 Å². The van der Waals surface area contributed by atoms with E-state index in [4.69, 9.17) is 42.0 Å². The van der Waals surface area contributed by atoms with E-state index in [-0.39, 0.29) is 49.5 Å². The van der Waals surface area contributed by atoms with Crippen molar-refractivity contribution in [2.75, 3.05) is 37.1 Å². The molecule has 0 heterocycles. The molecule has 0 bridgehead atoms. The molecule has 0 amide bonds. The van der Waals surface area contributed by atoms with Gasteiger partial charge < -0.3 is 25.2 Å². The van der Waals surface area contributed by atoms with Gasteiger partial charge in [-0.25, -0.2) is 0 Å². The summed E-state index contributed by atoms with van der Waals surface area (Å²) in [5, 5.41) is 16.3. The Hall–Kier alpha value is -6.15. The van der Waals surface area contributed by atoms with Gasteiger partial charge in [-0.1, -0.05) is 126 Å². The zero-order chi connectivity index (χ0) is 47.1. The van der Waals surface area contributed by atoms with Crippen molar-refractivity contribution >= 4 is 67.6 Å². The molecular formula is C53H50Cl2N2O8S. The summed E-state index contributed by atoms with van der Waals surface area (Å²) in [4.78, 5) is 25.9.